The van der Waals surface area contributed by atoms with Gasteiger partial charge in [0.05, 0.1) is 17.1 Å². The summed E-state index contributed by atoms with van der Waals surface area (Å²) >= 11 is 11.8. The van der Waals surface area contributed by atoms with Gasteiger partial charge in [-0.25, -0.2) is 13.2 Å². The molecule has 1 saturated heterocycles. The minimum Gasteiger partial charge on any atom is -0.462 e. The largest absolute Gasteiger partial charge is 0.462 e. The van der Waals surface area contributed by atoms with Gasteiger partial charge >= 0.3 is 5.97 Å². The number of halogens is 2. The summed E-state index contributed by atoms with van der Waals surface area (Å²) in [5.74, 6) is 0.116. The number of piperidine rings is 1. The van der Waals surface area contributed by atoms with E-state index in [0.717, 1.165) is 6.42 Å². The predicted molar refractivity (Wildman–Crippen MR) is 101 cm³/mol. The maximum absolute atomic E-state index is 12.8. The highest BCUT2D eigenvalue weighted by atomic mass is 35.5. The van der Waals surface area contributed by atoms with Crippen molar-refractivity contribution in [3.63, 3.8) is 0 Å². The molecule has 1 aromatic rings. The fourth-order valence-electron chi connectivity index (χ4n) is 3.42. The SMILES string of the molecule is C[C@@H]1C[C@H](C)CN(S(=O)(=O)c2ccc(C(=O)OC[C@@H]3CC3(Cl)Cl)cc2)C1. The number of carbonyl (C=O) groups is 1. The number of ether oxygens (including phenoxy) is 1. The van der Waals surface area contributed by atoms with Gasteiger partial charge in [-0.3, -0.25) is 0 Å². The Labute approximate surface area is 164 Å². The topological polar surface area (TPSA) is 63.7 Å². The summed E-state index contributed by atoms with van der Waals surface area (Å²) in [6, 6.07) is 5.88. The van der Waals surface area contributed by atoms with Gasteiger partial charge in [0, 0.05) is 19.0 Å². The van der Waals surface area contributed by atoms with E-state index in [-0.39, 0.29) is 17.4 Å². The monoisotopic (exact) mass is 419 g/mol. The summed E-state index contributed by atoms with van der Waals surface area (Å²) < 4.78 is 31.6. The van der Waals surface area contributed by atoms with Gasteiger partial charge in [0.2, 0.25) is 10.0 Å². The molecule has 0 N–H and O–H groups in total. The summed E-state index contributed by atoms with van der Waals surface area (Å²) in [6.45, 7) is 5.34. The van der Waals surface area contributed by atoms with Crippen LogP contribution in [0.3, 0.4) is 0 Å². The smallest absolute Gasteiger partial charge is 0.338 e. The summed E-state index contributed by atoms with van der Waals surface area (Å²) in [4.78, 5) is 12.3. The molecule has 0 amide bonds. The van der Waals surface area contributed by atoms with E-state index in [1.54, 1.807) is 0 Å². The Morgan fingerprint density at radius 3 is 2.23 bits per heavy atom. The first-order valence-electron chi connectivity index (χ1n) is 8.75. The van der Waals surface area contributed by atoms with Crippen molar-refractivity contribution < 1.29 is 17.9 Å². The van der Waals surface area contributed by atoms with Crippen LogP contribution in [0.5, 0.6) is 0 Å². The van der Waals surface area contributed by atoms with Crippen molar-refractivity contribution in [1.82, 2.24) is 4.31 Å². The first-order chi connectivity index (χ1) is 12.1. The second-order valence-electron chi connectivity index (χ2n) is 7.55. The lowest BCUT2D eigenvalue weighted by Crippen LogP contribution is -2.42. The molecule has 1 aromatic carbocycles. The van der Waals surface area contributed by atoms with Crippen molar-refractivity contribution in [1.29, 1.82) is 0 Å². The van der Waals surface area contributed by atoms with Crippen molar-refractivity contribution in [2.45, 2.75) is 35.9 Å². The van der Waals surface area contributed by atoms with Gasteiger partial charge in [0.15, 0.2) is 0 Å². The predicted octanol–water partition coefficient (Wildman–Crippen LogP) is 3.70. The first-order valence-corrected chi connectivity index (χ1v) is 10.9. The number of hydrogen-bond donors (Lipinski definition) is 0. The molecule has 1 aliphatic heterocycles. The molecular formula is C18H23Cl2NO4S. The van der Waals surface area contributed by atoms with Crippen LogP contribution in [-0.4, -0.2) is 42.7 Å². The van der Waals surface area contributed by atoms with Gasteiger partial charge in [0.1, 0.15) is 4.33 Å². The van der Waals surface area contributed by atoms with Gasteiger partial charge in [-0.2, -0.15) is 4.31 Å². The molecule has 8 heteroatoms. The molecule has 3 rings (SSSR count). The number of benzene rings is 1. The zero-order valence-corrected chi connectivity index (χ0v) is 17.1. The molecule has 3 atom stereocenters. The summed E-state index contributed by atoms with van der Waals surface area (Å²) in [6.07, 6.45) is 1.64. The Morgan fingerprint density at radius 1 is 1.19 bits per heavy atom. The number of esters is 1. The average Bonchev–Trinajstić information content (AvgIpc) is 3.19. The molecule has 0 radical (unpaired) electrons. The molecule has 0 unspecified atom stereocenters. The second kappa shape index (κ2) is 7.30. The van der Waals surface area contributed by atoms with Gasteiger partial charge in [0.25, 0.3) is 0 Å². The molecule has 0 bridgehead atoms. The summed E-state index contributed by atoms with van der Waals surface area (Å²) in [5, 5.41) is 0. The quantitative estimate of drug-likeness (QED) is 0.538. The third kappa shape index (κ3) is 4.35. The van der Waals surface area contributed by atoms with Gasteiger partial charge in [-0.05, 0) is 48.9 Å². The van der Waals surface area contributed by atoms with Crippen molar-refractivity contribution in [2.24, 2.45) is 17.8 Å². The third-order valence-corrected chi connectivity index (χ3v) is 7.71. The number of hydrogen-bond acceptors (Lipinski definition) is 4. The number of nitrogens with zero attached hydrogens (tertiary/aromatic N) is 1. The van der Waals surface area contributed by atoms with E-state index in [4.69, 9.17) is 27.9 Å². The van der Waals surface area contributed by atoms with Crippen LogP contribution >= 0.6 is 23.2 Å². The third-order valence-electron chi connectivity index (χ3n) is 4.93. The number of alkyl halides is 2. The van der Waals surface area contributed by atoms with Crippen LogP contribution in [0, 0.1) is 17.8 Å². The first kappa shape index (κ1) is 19.9. The Hall–Kier alpha value is -0.820. The normalized spacial score (nSPS) is 28.5. The van der Waals surface area contributed by atoms with Crippen LogP contribution in [0.1, 0.15) is 37.0 Å². The van der Waals surface area contributed by atoms with E-state index < -0.39 is 20.3 Å². The highest BCUT2D eigenvalue weighted by Gasteiger charge is 2.52. The zero-order chi connectivity index (χ0) is 19.1. The molecule has 2 fully saturated rings. The van der Waals surface area contributed by atoms with E-state index in [2.05, 4.69) is 13.8 Å². The van der Waals surface area contributed by atoms with Crippen LogP contribution in [0.15, 0.2) is 29.2 Å². The maximum Gasteiger partial charge on any atom is 0.338 e. The molecular weight excluding hydrogens is 397 g/mol. The minimum atomic E-state index is -3.56. The second-order valence-corrected chi connectivity index (χ2v) is 11.0. The van der Waals surface area contributed by atoms with Crippen molar-refractivity contribution in [3.8, 4) is 0 Å². The zero-order valence-electron chi connectivity index (χ0n) is 14.8. The van der Waals surface area contributed by atoms with Crippen LogP contribution in [0.4, 0.5) is 0 Å². The van der Waals surface area contributed by atoms with E-state index in [9.17, 15) is 13.2 Å². The molecule has 26 heavy (non-hydrogen) atoms. The Morgan fingerprint density at radius 2 is 1.73 bits per heavy atom. The lowest BCUT2D eigenvalue weighted by Gasteiger charge is -2.34. The molecule has 0 aromatic heterocycles. The summed E-state index contributed by atoms with van der Waals surface area (Å²) in [7, 11) is -3.56. The van der Waals surface area contributed by atoms with Crippen LogP contribution in [-0.2, 0) is 14.8 Å². The fraction of sp³-hybridized carbons (Fsp3) is 0.611. The number of sulfonamides is 1. The molecule has 1 saturated carbocycles. The molecule has 144 valence electrons. The Bertz CT molecular complexity index is 769. The standard InChI is InChI=1S/C18H23Cl2NO4S/c1-12-7-13(2)10-21(9-12)26(23,24)16-5-3-14(4-6-16)17(22)25-11-15-8-18(15,19)20/h3-6,12-13,15H,7-11H2,1-2H3/t12-,13+,15-/m0/s1. The highest BCUT2D eigenvalue weighted by Crippen LogP contribution is 2.53. The van der Waals surface area contributed by atoms with E-state index >= 15 is 0 Å². The van der Waals surface area contributed by atoms with E-state index in [0.29, 0.717) is 36.9 Å². The molecule has 1 aliphatic carbocycles. The molecule has 0 spiro atoms. The van der Waals surface area contributed by atoms with Crippen LogP contribution in [0.2, 0.25) is 0 Å². The number of rotatable bonds is 5. The van der Waals surface area contributed by atoms with Gasteiger partial charge < -0.3 is 4.74 Å². The van der Waals surface area contributed by atoms with Gasteiger partial charge in [-0.1, -0.05) is 13.8 Å². The van der Waals surface area contributed by atoms with Crippen molar-refractivity contribution in [3.05, 3.63) is 29.8 Å². The molecule has 2 aliphatic rings. The van der Waals surface area contributed by atoms with Crippen molar-refractivity contribution >= 4 is 39.2 Å². The number of carbonyl (C=O) groups excluding carboxylic acids is 1. The molecule has 5 nitrogen and oxygen atoms in total. The van der Waals surface area contributed by atoms with Crippen LogP contribution in [0.25, 0.3) is 0 Å². The van der Waals surface area contributed by atoms with Crippen molar-refractivity contribution in [2.75, 3.05) is 19.7 Å². The lowest BCUT2D eigenvalue weighted by atomic mass is 9.94. The van der Waals surface area contributed by atoms with E-state index in [1.807, 2.05) is 0 Å². The molecule has 1 heterocycles. The fourth-order valence-corrected chi connectivity index (χ4v) is 5.60. The Kier molecular flexibility index (Phi) is 5.60. The average molecular weight is 420 g/mol. The Balaban J connectivity index is 1.65. The minimum absolute atomic E-state index is 0.0440. The lowest BCUT2D eigenvalue weighted by molar-refractivity contribution is 0.0485. The summed E-state index contributed by atoms with van der Waals surface area (Å²) in [5.41, 5.74) is 0.305. The maximum atomic E-state index is 12.8. The van der Waals surface area contributed by atoms with E-state index in [1.165, 1.54) is 28.6 Å². The van der Waals surface area contributed by atoms with Gasteiger partial charge in [-0.15, -0.1) is 23.2 Å². The highest BCUT2D eigenvalue weighted by molar-refractivity contribution is 7.89. The van der Waals surface area contributed by atoms with Crippen LogP contribution < -0.4 is 0 Å².